The Morgan fingerprint density at radius 3 is 2.96 bits per heavy atom. The van der Waals surface area contributed by atoms with Crippen LogP contribution in [0.4, 0.5) is 0 Å². The number of nitrogens with one attached hydrogen (secondary N) is 1. The average molecular weight is 333 g/mol. The van der Waals surface area contributed by atoms with Gasteiger partial charge in [-0.25, -0.2) is 0 Å². The van der Waals surface area contributed by atoms with Crippen molar-refractivity contribution in [2.45, 2.75) is 18.9 Å². The van der Waals surface area contributed by atoms with Crippen LogP contribution in [0.3, 0.4) is 0 Å². The van der Waals surface area contributed by atoms with E-state index in [0.717, 1.165) is 12.0 Å². The molecule has 1 aliphatic heterocycles. The average Bonchev–Trinajstić information content (AvgIpc) is 3.15. The van der Waals surface area contributed by atoms with Gasteiger partial charge >= 0.3 is 0 Å². The molecular formula is C17H17ClN2O3. The molecule has 1 fully saturated rings. The van der Waals surface area contributed by atoms with E-state index < -0.39 is 0 Å². The molecule has 2 aromatic rings. The van der Waals surface area contributed by atoms with Crippen LogP contribution in [-0.2, 0) is 11.2 Å². The predicted octanol–water partition coefficient (Wildman–Crippen LogP) is 2.51. The molecule has 0 spiro atoms. The smallest absolute Gasteiger partial charge is 0.287 e. The zero-order valence-corrected chi connectivity index (χ0v) is 13.3. The summed E-state index contributed by atoms with van der Waals surface area (Å²) < 4.78 is 5.05. The summed E-state index contributed by atoms with van der Waals surface area (Å²) in [6.07, 6.45) is 2.51. The lowest BCUT2D eigenvalue weighted by Gasteiger charge is -2.17. The fourth-order valence-corrected chi connectivity index (χ4v) is 2.92. The van der Waals surface area contributed by atoms with Gasteiger partial charge in [-0.1, -0.05) is 23.7 Å². The van der Waals surface area contributed by atoms with Crippen molar-refractivity contribution in [1.82, 2.24) is 10.2 Å². The third kappa shape index (κ3) is 3.93. The number of carbonyl (C=O) groups is 2. The molecule has 120 valence electrons. The highest BCUT2D eigenvalue weighted by atomic mass is 35.5. The van der Waals surface area contributed by atoms with Crippen LogP contribution in [0.25, 0.3) is 0 Å². The fraction of sp³-hybridized carbons (Fsp3) is 0.294. The van der Waals surface area contributed by atoms with Crippen LogP contribution >= 0.6 is 11.6 Å². The normalized spacial score (nSPS) is 17.5. The van der Waals surface area contributed by atoms with E-state index in [-0.39, 0.29) is 23.6 Å². The first-order chi connectivity index (χ1) is 11.1. The van der Waals surface area contributed by atoms with Gasteiger partial charge < -0.3 is 14.6 Å². The van der Waals surface area contributed by atoms with Gasteiger partial charge in [0.15, 0.2) is 5.76 Å². The molecule has 2 heterocycles. The van der Waals surface area contributed by atoms with Crippen LogP contribution in [0.1, 0.15) is 22.5 Å². The number of amides is 2. The van der Waals surface area contributed by atoms with Crippen molar-refractivity contribution >= 4 is 23.4 Å². The Balaban J connectivity index is 1.52. The van der Waals surface area contributed by atoms with Crippen molar-refractivity contribution in [3.63, 3.8) is 0 Å². The molecule has 0 aliphatic carbocycles. The number of furan rings is 1. The van der Waals surface area contributed by atoms with Gasteiger partial charge in [-0.05, 0) is 36.2 Å². The van der Waals surface area contributed by atoms with Crippen molar-refractivity contribution < 1.29 is 14.0 Å². The Morgan fingerprint density at radius 2 is 2.22 bits per heavy atom. The third-order valence-corrected chi connectivity index (χ3v) is 4.09. The van der Waals surface area contributed by atoms with Gasteiger partial charge in [0.1, 0.15) is 0 Å². The van der Waals surface area contributed by atoms with Crippen LogP contribution in [0, 0.1) is 0 Å². The van der Waals surface area contributed by atoms with Crippen molar-refractivity contribution in [3.8, 4) is 0 Å². The molecule has 1 atom stereocenters. The van der Waals surface area contributed by atoms with Crippen LogP contribution in [0.2, 0.25) is 5.02 Å². The molecule has 2 amide bonds. The molecule has 1 N–H and O–H groups in total. The minimum Gasteiger partial charge on any atom is -0.459 e. The van der Waals surface area contributed by atoms with Gasteiger partial charge in [-0.2, -0.15) is 0 Å². The fourth-order valence-electron chi connectivity index (χ4n) is 2.71. The zero-order chi connectivity index (χ0) is 16.2. The topological polar surface area (TPSA) is 62.6 Å². The SMILES string of the molecule is O=C(N[C@@H]1CC(=O)N(CCc2cccc(Cl)c2)C1)c1ccco1. The Kier molecular flexibility index (Phi) is 4.67. The number of hydrogen-bond acceptors (Lipinski definition) is 3. The van der Waals surface area contributed by atoms with Crippen LogP contribution in [0.15, 0.2) is 47.1 Å². The van der Waals surface area contributed by atoms with Crippen LogP contribution in [0.5, 0.6) is 0 Å². The summed E-state index contributed by atoms with van der Waals surface area (Å²) in [6.45, 7) is 1.14. The summed E-state index contributed by atoms with van der Waals surface area (Å²) in [5.74, 6) is 0.0242. The second-order valence-electron chi connectivity index (χ2n) is 5.57. The van der Waals surface area contributed by atoms with Crippen LogP contribution < -0.4 is 5.32 Å². The maximum absolute atomic E-state index is 12.1. The van der Waals surface area contributed by atoms with Crippen molar-refractivity contribution in [2.24, 2.45) is 0 Å². The Bertz CT molecular complexity index is 700. The van der Waals surface area contributed by atoms with Gasteiger partial charge in [0.05, 0.1) is 12.3 Å². The van der Waals surface area contributed by atoms with E-state index in [9.17, 15) is 9.59 Å². The minimum absolute atomic E-state index is 0.0526. The third-order valence-electron chi connectivity index (χ3n) is 3.85. The maximum Gasteiger partial charge on any atom is 0.287 e. The lowest BCUT2D eigenvalue weighted by atomic mass is 10.1. The van der Waals surface area contributed by atoms with Gasteiger partial charge in [0, 0.05) is 24.5 Å². The molecule has 3 rings (SSSR count). The molecule has 23 heavy (non-hydrogen) atoms. The molecule has 1 saturated heterocycles. The molecule has 1 aromatic heterocycles. The molecule has 0 bridgehead atoms. The summed E-state index contributed by atoms with van der Waals surface area (Å²) in [4.78, 5) is 25.8. The summed E-state index contributed by atoms with van der Waals surface area (Å²) in [5.41, 5.74) is 1.09. The van der Waals surface area contributed by atoms with Crippen molar-refractivity contribution in [2.75, 3.05) is 13.1 Å². The highest BCUT2D eigenvalue weighted by Gasteiger charge is 2.30. The Labute approximate surface area is 139 Å². The molecule has 0 unspecified atom stereocenters. The van der Waals surface area contributed by atoms with Crippen molar-refractivity contribution in [1.29, 1.82) is 0 Å². The van der Waals surface area contributed by atoms with E-state index >= 15 is 0 Å². The second kappa shape index (κ2) is 6.87. The summed E-state index contributed by atoms with van der Waals surface area (Å²) in [5, 5.41) is 3.53. The zero-order valence-electron chi connectivity index (χ0n) is 12.5. The first-order valence-corrected chi connectivity index (χ1v) is 7.86. The quantitative estimate of drug-likeness (QED) is 0.915. The Morgan fingerprint density at radius 1 is 1.35 bits per heavy atom. The molecule has 6 heteroatoms. The van der Waals surface area contributed by atoms with Gasteiger partial charge in [0.2, 0.25) is 5.91 Å². The number of likely N-dealkylation sites (tertiary alicyclic amines) is 1. The van der Waals surface area contributed by atoms with Crippen LogP contribution in [-0.4, -0.2) is 35.8 Å². The molecule has 5 nitrogen and oxygen atoms in total. The minimum atomic E-state index is -0.288. The monoisotopic (exact) mass is 332 g/mol. The summed E-state index contributed by atoms with van der Waals surface area (Å²) in [7, 11) is 0. The lowest BCUT2D eigenvalue weighted by Crippen LogP contribution is -2.37. The first-order valence-electron chi connectivity index (χ1n) is 7.48. The van der Waals surface area contributed by atoms with E-state index in [1.165, 1.54) is 6.26 Å². The van der Waals surface area contributed by atoms with E-state index in [4.69, 9.17) is 16.0 Å². The van der Waals surface area contributed by atoms with E-state index in [1.54, 1.807) is 17.0 Å². The molecule has 0 saturated carbocycles. The number of halogens is 1. The highest BCUT2D eigenvalue weighted by Crippen LogP contribution is 2.15. The van der Waals surface area contributed by atoms with E-state index in [0.29, 0.717) is 24.5 Å². The molecule has 1 aliphatic rings. The number of benzene rings is 1. The largest absolute Gasteiger partial charge is 0.459 e. The van der Waals surface area contributed by atoms with Gasteiger partial charge in [-0.15, -0.1) is 0 Å². The second-order valence-corrected chi connectivity index (χ2v) is 6.01. The lowest BCUT2D eigenvalue weighted by molar-refractivity contribution is -0.127. The standard InChI is InChI=1S/C17H17ClN2O3/c18-13-4-1-3-12(9-13)6-7-20-11-14(10-16(20)21)19-17(22)15-5-2-8-23-15/h1-5,8-9,14H,6-7,10-11H2,(H,19,22)/t14-/m1/s1. The maximum atomic E-state index is 12.1. The number of carbonyl (C=O) groups excluding carboxylic acids is 2. The number of rotatable bonds is 5. The van der Waals surface area contributed by atoms with Gasteiger partial charge in [0.25, 0.3) is 5.91 Å². The highest BCUT2D eigenvalue weighted by molar-refractivity contribution is 6.30. The van der Waals surface area contributed by atoms with Gasteiger partial charge in [-0.3, -0.25) is 9.59 Å². The first kappa shape index (κ1) is 15.6. The van der Waals surface area contributed by atoms with Crippen molar-refractivity contribution in [3.05, 3.63) is 59.0 Å². The molecular weight excluding hydrogens is 316 g/mol. The summed E-state index contributed by atoms with van der Waals surface area (Å²) >= 11 is 5.96. The van der Waals surface area contributed by atoms with E-state index in [1.807, 2.05) is 24.3 Å². The molecule has 1 aromatic carbocycles. The predicted molar refractivity (Wildman–Crippen MR) is 86.3 cm³/mol. The summed E-state index contributed by atoms with van der Waals surface area (Å²) in [6, 6.07) is 10.7. The van der Waals surface area contributed by atoms with E-state index in [2.05, 4.69) is 5.32 Å². The Hall–Kier alpha value is -2.27. The molecule has 0 radical (unpaired) electrons. The number of hydrogen-bond donors (Lipinski definition) is 1. The number of nitrogens with zero attached hydrogens (tertiary/aromatic N) is 1.